The highest BCUT2D eigenvalue weighted by molar-refractivity contribution is 6.02. The van der Waals surface area contributed by atoms with Gasteiger partial charge >= 0.3 is 0 Å². The van der Waals surface area contributed by atoms with Crippen LogP contribution in [-0.4, -0.2) is 41.2 Å². The van der Waals surface area contributed by atoms with Gasteiger partial charge in [0.15, 0.2) is 0 Å². The molecule has 1 fully saturated rings. The average Bonchev–Trinajstić information content (AvgIpc) is 2.73. The topological polar surface area (TPSA) is 92.5 Å². The van der Waals surface area contributed by atoms with Crippen LogP contribution in [0.3, 0.4) is 0 Å². The van der Waals surface area contributed by atoms with E-state index >= 15 is 0 Å². The van der Waals surface area contributed by atoms with E-state index in [1.165, 1.54) is 0 Å². The summed E-state index contributed by atoms with van der Waals surface area (Å²) in [5.74, 6) is -0.551. The lowest BCUT2D eigenvalue weighted by molar-refractivity contribution is -0.138. The number of rotatable bonds is 7. The van der Waals surface area contributed by atoms with Crippen LogP contribution in [-0.2, 0) is 14.4 Å². The molecule has 1 rings (SSSR count). The minimum Gasteiger partial charge on any atom is -0.354 e. The second-order valence-corrected chi connectivity index (χ2v) is 5.04. The Balaban J connectivity index is 2.32. The highest BCUT2D eigenvalue weighted by atomic mass is 16.2. The normalized spacial score (nSPS) is 16.1. The van der Waals surface area contributed by atoms with Gasteiger partial charge in [0, 0.05) is 37.9 Å². The van der Waals surface area contributed by atoms with Gasteiger partial charge in [0.1, 0.15) is 0 Å². The van der Waals surface area contributed by atoms with Crippen molar-refractivity contribution in [1.82, 2.24) is 10.2 Å². The molecule has 3 N–H and O–H groups in total. The fraction of sp³-hybridized carbons (Fsp3) is 0.769. The molecule has 19 heavy (non-hydrogen) atoms. The quantitative estimate of drug-likeness (QED) is 0.644. The van der Waals surface area contributed by atoms with Gasteiger partial charge in [0.25, 0.3) is 0 Å². The Bertz CT molecular complexity index is 348. The Hall–Kier alpha value is -1.43. The number of likely N-dealkylation sites (tertiary alicyclic amines) is 1. The predicted octanol–water partition coefficient (Wildman–Crippen LogP) is 0.159. The monoisotopic (exact) mass is 269 g/mol. The van der Waals surface area contributed by atoms with Crippen molar-refractivity contribution < 1.29 is 14.4 Å². The zero-order valence-corrected chi connectivity index (χ0v) is 11.7. The average molecular weight is 269 g/mol. The molecule has 1 heterocycles. The lowest BCUT2D eigenvalue weighted by Gasteiger charge is -2.27. The number of amides is 3. The molecule has 0 aromatic carbocycles. The number of carbonyl (C=O) groups excluding carboxylic acids is 3. The summed E-state index contributed by atoms with van der Waals surface area (Å²) in [5.41, 5.74) is 5.69. The third kappa shape index (κ3) is 4.31. The van der Waals surface area contributed by atoms with Crippen molar-refractivity contribution >= 4 is 17.7 Å². The zero-order chi connectivity index (χ0) is 14.5. The Labute approximate surface area is 113 Å². The fourth-order valence-corrected chi connectivity index (χ4v) is 1.95. The molecule has 1 aliphatic rings. The van der Waals surface area contributed by atoms with Gasteiger partial charge in [-0.3, -0.25) is 19.3 Å². The summed E-state index contributed by atoms with van der Waals surface area (Å²) in [6, 6.07) is 0. The van der Waals surface area contributed by atoms with Crippen molar-refractivity contribution in [2.45, 2.75) is 51.5 Å². The first-order valence-corrected chi connectivity index (χ1v) is 6.80. The molecule has 0 radical (unpaired) electrons. The van der Waals surface area contributed by atoms with Gasteiger partial charge < -0.3 is 11.1 Å². The highest BCUT2D eigenvalue weighted by Crippen LogP contribution is 2.12. The summed E-state index contributed by atoms with van der Waals surface area (Å²) in [4.78, 5) is 35.6. The number of hydrogen-bond donors (Lipinski definition) is 2. The molecule has 0 saturated carbocycles. The number of nitrogens with two attached hydrogens (primary N) is 1. The molecular formula is C13H23N3O3. The van der Waals surface area contributed by atoms with Crippen molar-refractivity contribution in [2.75, 3.05) is 13.1 Å². The van der Waals surface area contributed by atoms with Gasteiger partial charge in [-0.15, -0.1) is 0 Å². The Morgan fingerprint density at radius 1 is 1.26 bits per heavy atom. The molecule has 0 atom stereocenters. The molecule has 0 aromatic rings. The van der Waals surface area contributed by atoms with E-state index in [1.807, 2.05) is 13.8 Å². The van der Waals surface area contributed by atoms with Gasteiger partial charge in [0.2, 0.25) is 17.7 Å². The van der Waals surface area contributed by atoms with E-state index in [2.05, 4.69) is 5.32 Å². The van der Waals surface area contributed by atoms with Crippen molar-refractivity contribution in [3.63, 3.8) is 0 Å². The summed E-state index contributed by atoms with van der Waals surface area (Å²) < 4.78 is 0. The number of hydrogen-bond acceptors (Lipinski definition) is 4. The van der Waals surface area contributed by atoms with Crippen LogP contribution < -0.4 is 11.1 Å². The molecule has 108 valence electrons. The van der Waals surface area contributed by atoms with Gasteiger partial charge in [-0.25, -0.2) is 0 Å². The van der Waals surface area contributed by atoms with Crippen LogP contribution in [0.25, 0.3) is 0 Å². The minimum absolute atomic E-state index is 0.140. The molecule has 1 aliphatic heterocycles. The van der Waals surface area contributed by atoms with E-state index in [9.17, 15) is 14.4 Å². The number of imide groups is 1. The third-order valence-corrected chi connectivity index (χ3v) is 3.76. The molecule has 0 aromatic heterocycles. The second-order valence-electron chi connectivity index (χ2n) is 5.04. The van der Waals surface area contributed by atoms with E-state index < -0.39 is 0 Å². The SMILES string of the molecule is CCC(N)(CC)CNC(=O)CCN1C(=O)CCC1=O. The predicted molar refractivity (Wildman–Crippen MR) is 71.1 cm³/mol. The van der Waals surface area contributed by atoms with Crippen molar-refractivity contribution in [2.24, 2.45) is 5.73 Å². The first-order valence-electron chi connectivity index (χ1n) is 6.80. The van der Waals surface area contributed by atoms with E-state index in [1.54, 1.807) is 0 Å². The summed E-state index contributed by atoms with van der Waals surface area (Å²) in [7, 11) is 0. The lowest BCUT2D eigenvalue weighted by atomic mass is 9.94. The summed E-state index contributed by atoms with van der Waals surface area (Å²) in [6.07, 6.45) is 2.23. The molecule has 0 spiro atoms. The van der Waals surface area contributed by atoms with E-state index in [4.69, 9.17) is 5.73 Å². The van der Waals surface area contributed by atoms with Crippen LogP contribution in [0.4, 0.5) is 0 Å². The van der Waals surface area contributed by atoms with Crippen molar-refractivity contribution in [3.05, 3.63) is 0 Å². The standard InChI is InChI=1S/C13H23N3O3/c1-3-13(14,4-2)9-15-10(17)7-8-16-11(18)5-6-12(16)19/h3-9,14H2,1-2H3,(H,15,17). The molecule has 3 amide bonds. The Morgan fingerprint density at radius 3 is 2.26 bits per heavy atom. The molecule has 6 nitrogen and oxygen atoms in total. The first kappa shape index (κ1) is 15.6. The Morgan fingerprint density at radius 2 is 1.79 bits per heavy atom. The molecule has 0 aliphatic carbocycles. The third-order valence-electron chi connectivity index (χ3n) is 3.76. The van der Waals surface area contributed by atoms with Crippen molar-refractivity contribution in [1.29, 1.82) is 0 Å². The highest BCUT2D eigenvalue weighted by Gasteiger charge is 2.29. The van der Waals surface area contributed by atoms with Gasteiger partial charge in [-0.05, 0) is 12.8 Å². The van der Waals surface area contributed by atoms with E-state index in [0.29, 0.717) is 6.54 Å². The maximum atomic E-state index is 11.7. The smallest absolute Gasteiger partial charge is 0.229 e. The molecular weight excluding hydrogens is 246 g/mol. The van der Waals surface area contributed by atoms with Gasteiger partial charge in [0.05, 0.1) is 0 Å². The van der Waals surface area contributed by atoms with Crippen LogP contribution in [0.2, 0.25) is 0 Å². The van der Waals surface area contributed by atoms with Crippen LogP contribution in [0, 0.1) is 0 Å². The fourth-order valence-electron chi connectivity index (χ4n) is 1.95. The molecule has 0 unspecified atom stereocenters. The summed E-state index contributed by atoms with van der Waals surface area (Å²) >= 11 is 0. The largest absolute Gasteiger partial charge is 0.354 e. The minimum atomic E-state index is -0.380. The second kappa shape index (κ2) is 6.65. The number of nitrogens with zero attached hydrogens (tertiary/aromatic N) is 1. The first-order chi connectivity index (χ1) is 8.91. The maximum absolute atomic E-state index is 11.7. The van der Waals surface area contributed by atoms with Crippen LogP contribution >= 0.6 is 0 Å². The molecule has 6 heteroatoms. The zero-order valence-electron chi connectivity index (χ0n) is 11.7. The number of nitrogens with one attached hydrogen (secondary N) is 1. The molecule has 0 bridgehead atoms. The van der Waals surface area contributed by atoms with E-state index in [-0.39, 0.29) is 49.1 Å². The van der Waals surface area contributed by atoms with Crippen LogP contribution in [0.1, 0.15) is 46.0 Å². The summed E-state index contributed by atoms with van der Waals surface area (Å²) in [5, 5.41) is 2.77. The van der Waals surface area contributed by atoms with Crippen LogP contribution in [0.5, 0.6) is 0 Å². The van der Waals surface area contributed by atoms with Gasteiger partial charge in [-0.2, -0.15) is 0 Å². The summed E-state index contributed by atoms with van der Waals surface area (Å²) in [6.45, 7) is 4.55. The Kier molecular flexibility index (Phi) is 5.47. The van der Waals surface area contributed by atoms with Gasteiger partial charge in [-0.1, -0.05) is 13.8 Å². The van der Waals surface area contributed by atoms with Crippen LogP contribution in [0.15, 0.2) is 0 Å². The maximum Gasteiger partial charge on any atom is 0.229 e. The number of carbonyl (C=O) groups is 3. The lowest BCUT2D eigenvalue weighted by Crippen LogP contribution is -2.49. The van der Waals surface area contributed by atoms with E-state index in [0.717, 1.165) is 17.7 Å². The van der Waals surface area contributed by atoms with Crippen molar-refractivity contribution in [3.8, 4) is 0 Å². The molecule has 1 saturated heterocycles.